The minimum absolute atomic E-state index is 0. The van der Waals surface area contributed by atoms with Crippen LogP contribution in [0.25, 0.3) is 0 Å². The minimum Gasteiger partial charge on any atom is -1.00 e. The molecule has 0 aromatic heterocycles. The molecule has 0 spiro atoms. The maximum absolute atomic E-state index is 13.5. The maximum atomic E-state index is 13.5. The second-order valence-corrected chi connectivity index (χ2v) is 4.09. The molecule has 0 unspecified atom stereocenters. The van der Waals surface area contributed by atoms with E-state index >= 15 is 0 Å². The molecule has 1 fully saturated rings. The molecule has 17 heavy (non-hydrogen) atoms. The van der Waals surface area contributed by atoms with Gasteiger partial charge in [0.05, 0.1) is 5.69 Å². The number of nitrogens with zero attached hydrogens (tertiary/aromatic N) is 2. The van der Waals surface area contributed by atoms with Crippen LogP contribution in [0.5, 0.6) is 0 Å². The van der Waals surface area contributed by atoms with E-state index in [1.54, 1.807) is 6.07 Å². The largest absolute Gasteiger partial charge is 1.00 e. The van der Waals surface area contributed by atoms with Gasteiger partial charge in [-0.25, -0.2) is 4.39 Å². The van der Waals surface area contributed by atoms with Crippen molar-refractivity contribution in [3.8, 4) is 0 Å². The molecule has 1 aliphatic heterocycles. The van der Waals surface area contributed by atoms with Crippen LogP contribution >= 0.6 is 0 Å². The predicted octanol–water partition coefficient (Wildman–Crippen LogP) is -0.277. The molecular formula is C12H18AuClFN2. The summed E-state index contributed by atoms with van der Waals surface area (Å²) in [5.74, 6) is -0.153. The summed E-state index contributed by atoms with van der Waals surface area (Å²) in [6, 6.07) is 7.37. The average molecular weight is 442 g/mol. The van der Waals surface area contributed by atoms with Gasteiger partial charge in [0.15, 0.2) is 0 Å². The summed E-state index contributed by atoms with van der Waals surface area (Å²) >= 11 is 0. The predicted molar refractivity (Wildman–Crippen MR) is 62.0 cm³/mol. The quantitative estimate of drug-likeness (QED) is 0.583. The van der Waals surface area contributed by atoms with Crippen molar-refractivity contribution in [3.63, 3.8) is 0 Å². The van der Waals surface area contributed by atoms with E-state index < -0.39 is 0 Å². The molecule has 1 heterocycles. The third kappa shape index (κ3) is 3.97. The third-order valence-electron chi connectivity index (χ3n) is 2.71. The molecule has 0 aliphatic carbocycles. The van der Waals surface area contributed by atoms with Crippen molar-refractivity contribution >= 4 is 5.69 Å². The summed E-state index contributed by atoms with van der Waals surface area (Å²) in [6.45, 7) is 8.11. The molecule has 0 atom stereocenters. The molecule has 2 nitrogen and oxygen atoms in total. The first-order valence-electron chi connectivity index (χ1n) is 5.30. The molecular weight excluding hydrogens is 424 g/mol. The van der Waals surface area contributed by atoms with Crippen molar-refractivity contribution in [1.82, 2.24) is 4.90 Å². The topological polar surface area (TPSA) is 6.48 Å². The monoisotopic (exact) mass is 441 g/mol. The Morgan fingerprint density at radius 1 is 1.24 bits per heavy atom. The van der Waals surface area contributed by atoms with Crippen LogP contribution in [0.3, 0.4) is 0 Å². The van der Waals surface area contributed by atoms with E-state index in [9.17, 15) is 4.39 Å². The SMILES string of the molecule is CC(C)N1[CH]N(c2ccccc2F)CC1.[Au+].[Cl-].[HH]. The standard InChI is InChI=1S/C12H16FN2.Au.ClH.H2/c1-10(2)14-7-8-15(9-14)12-6-4-3-5-11(12)13;;;/h3-6,9-10H,7-8H2,1-2H3;;2*1H/q;+1;;/p-1. The van der Waals surface area contributed by atoms with Gasteiger partial charge < -0.3 is 17.3 Å². The number of rotatable bonds is 2. The summed E-state index contributed by atoms with van der Waals surface area (Å²) < 4.78 is 13.5. The fourth-order valence-corrected chi connectivity index (χ4v) is 1.78. The van der Waals surface area contributed by atoms with Gasteiger partial charge in [-0.3, -0.25) is 4.90 Å². The first kappa shape index (κ1) is 16.9. The number of hydrogen-bond donors (Lipinski definition) is 0. The molecule has 0 N–H and O–H groups in total. The summed E-state index contributed by atoms with van der Waals surface area (Å²) in [5.41, 5.74) is 0.667. The van der Waals surface area contributed by atoms with E-state index in [1.807, 2.05) is 23.7 Å². The van der Waals surface area contributed by atoms with E-state index in [4.69, 9.17) is 0 Å². The molecule has 1 aromatic carbocycles. The van der Waals surface area contributed by atoms with Gasteiger partial charge in [0.2, 0.25) is 0 Å². The molecule has 0 amide bonds. The Bertz CT molecular complexity index is 355. The Labute approximate surface area is 126 Å². The number of hydrogen-bond acceptors (Lipinski definition) is 2. The molecule has 1 aliphatic rings. The van der Waals surface area contributed by atoms with E-state index in [-0.39, 0.29) is 42.0 Å². The average Bonchev–Trinajstić information content (AvgIpc) is 2.67. The number of anilines is 1. The number of para-hydroxylation sites is 1. The van der Waals surface area contributed by atoms with Gasteiger partial charge in [0.25, 0.3) is 0 Å². The van der Waals surface area contributed by atoms with Gasteiger partial charge >= 0.3 is 22.4 Å². The molecule has 1 saturated heterocycles. The Kier molecular flexibility index (Phi) is 7.37. The van der Waals surface area contributed by atoms with E-state index in [0.717, 1.165) is 13.1 Å². The molecule has 101 valence electrons. The smallest absolute Gasteiger partial charge is 1.00 e. The van der Waals surface area contributed by atoms with Crippen LogP contribution in [0.2, 0.25) is 0 Å². The Morgan fingerprint density at radius 2 is 1.88 bits per heavy atom. The summed E-state index contributed by atoms with van der Waals surface area (Å²) in [4.78, 5) is 4.18. The maximum Gasteiger partial charge on any atom is 1.00 e. The Balaban J connectivity index is 0. The van der Waals surface area contributed by atoms with Crippen molar-refractivity contribution < 1.29 is 40.6 Å². The van der Waals surface area contributed by atoms with Gasteiger partial charge in [-0.05, 0) is 26.0 Å². The summed E-state index contributed by atoms with van der Waals surface area (Å²) in [5, 5.41) is 0. The normalized spacial score (nSPS) is 15.6. The summed E-state index contributed by atoms with van der Waals surface area (Å²) in [7, 11) is 0. The van der Waals surface area contributed by atoms with Gasteiger partial charge in [0, 0.05) is 20.6 Å². The zero-order chi connectivity index (χ0) is 10.8. The molecule has 2 rings (SSSR count). The first-order valence-corrected chi connectivity index (χ1v) is 5.30. The van der Waals surface area contributed by atoms with Crippen molar-refractivity contribution in [2.24, 2.45) is 0 Å². The fraction of sp³-hybridized carbons (Fsp3) is 0.417. The van der Waals surface area contributed by atoms with Gasteiger partial charge in [0.1, 0.15) is 12.5 Å². The Morgan fingerprint density at radius 3 is 2.41 bits per heavy atom. The van der Waals surface area contributed by atoms with Crippen molar-refractivity contribution in [2.45, 2.75) is 19.9 Å². The van der Waals surface area contributed by atoms with Gasteiger partial charge in [-0.15, -0.1) is 0 Å². The van der Waals surface area contributed by atoms with Crippen LogP contribution in [0.15, 0.2) is 24.3 Å². The van der Waals surface area contributed by atoms with Crippen LogP contribution < -0.4 is 17.3 Å². The van der Waals surface area contributed by atoms with Crippen LogP contribution in [0.1, 0.15) is 15.3 Å². The molecule has 1 aromatic rings. The Hall–Kier alpha value is -0.0597. The van der Waals surface area contributed by atoms with Crippen molar-refractivity contribution in [1.29, 1.82) is 0 Å². The summed E-state index contributed by atoms with van der Waals surface area (Å²) in [6.07, 6.45) is 0. The van der Waals surface area contributed by atoms with Gasteiger partial charge in [-0.1, -0.05) is 12.1 Å². The van der Waals surface area contributed by atoms with Crippen LogP contribution in [0.4, 0.5) is 10.1 Å². The van der Waals surface area contributed by atoms with Crippen LogP contribution in [-0.4, -0.2) is 24.0 Å². The second kappa shape index (κ2) is 7.39. The zero-order valence-corrected chi connectivity index (χ0v) is 12.8. The van der Waals surface area contributed by atoms with Crippen LogP contribution in [0, 0.1) is 12.5 Å². The fourth-order valence-electron chi connectivity index (χ4n) is 1.78. The van der Waals surface area contributed by atoms with Crippen molar-refractivity contribution in [2.75, 3.05) is 18.0 Å². The number of halogens is 2. The molecule has 1 radical (unpaired) electrons. The van der Waals surface area contributed by atoms with Gasteiger partial charge in [-0.2, -0.15) is 0 Å². The number of benzene rings is 1. The minimum atomic E-state index is -0.153. The molecule has 0 bridgehead atoms. The molecule has 0 saturated carbocycles. The van der Waals surface area contributed by atoms with E-state index in [0.29, 0.717) is 11.7 Å². The van der Waals surface area contributed by atoms with Crippen molar-refractivity contribution in [3.05, 3.63) is 36.8 Å². The van der Waals surface area contributed by atoms with E-state index in [1.165, 1.54) is 6.07 Å². The van der Waals surface area contributed by atoms with E-state index in [2.05, 4.69) is 18.7 Å². The first-order chi connectivity index (χ1) is 7.18. The third-order valence-corrected chi connectivity index (χ3v) is 2.71. The second-order valence-electron chi connectivity index (χ2n) is 4.09. The molecule has 5 heteroatoms. The zero-order valence-electron chi connectivity index (χ0n) is 9.83. The van der Waals surface area contributed by atoms with Crippen LogP contribution in [-0.2, 0) is 22.4 Å².